The Morgan fingerprint density at radius 3 is 2.69 bits per heavy atom. The summed E-state index contributed by atoms with van der Waals surface area (Å²) >= 11 is 0. The largest absolute Gasteiger partial charge is 0.299 e. The topological polar surface area (TPSA) is 78.2 Å². The van der Waals surface area contributed by atoms with E-state index in [9.17, 15) is 13.2 Å². The average Bonchev–Trinajstić information content (AvgIpc) is 2.23. The first-order valence-corrected chi connectivity index (χ1v) is 6.85. The Bertz CT molecular complexity index is 410. The summed E-state index contributed by atoms with van der Waals surface area (Å²) in [4.78, 5) is 11.3. The minimum Gasteiger partial charge on any atom is -0.299 e. The summed E-state index contributed by atoms with van der Waals surface area (Å²) in [6.45, 7) is 3.81. The van der Waals surface area contributed by atoms with Crippen molar-refractivity contribution in [1.29, 1.82) is 5.26 Å². The van der Waals surface area contributed by atoms with Crippen LogP contribution in [0.3, 0.4) is 0 Å². The van der Waals surface area contributed by atoms with Crippen molar-refractivity contribution in [3.8, 4) is 6.07 Å². The Hall–Kier alpha value is -0.930. The van der Waals surface area contributed by atoms with Crippen molar-refractivity contribution in [2.24, 2.45) is 5.92 Å². The van der Waals surface area contributed by atoms with E-state index in [1.165, 1.54) is 4.31 Å². The van der Waals surface area contributed by atoms with Crippen molar-refractivity contribution in [3.63, 3.8) is 0 Å². The van der Waals surface area contributed by atoms with Crippen LogP contribution in [0.4, 0.5) is 0 Å². The summed E-state index contributed by atoms with van der Waals surface area (Å²) in [5.74, 6) is -0.170. The highest BCUT2D eigenvalue weighted by molar-refractivity contribution is 7.90. The van der Waals surface area contributed by atoms with E-state index in [1.54, 1.807) is 19.9 Å². The number of piperidine rings is 1. The van der Waals surface area contributed by atoms with Gasteiger partial charge in [0.05, 0.1) is 6.07 Å². The third kappa shape index (κ3) is 2.42. The fourth-order valence-corrected chi connectivity index (χ4v) is 3.45. The molecule has 1 aliphatic heterocycles. The Labute approximate surface area is 96.1 Å². The van der Waals surface area contributed by atoms with Crippen LogP contribution in [-0.2, 0) is 14.8 Å². The molecule has 2 atom stereocenters. The molecular formula is C10H16N2O3S. The number of carbonyl (C=O) groups excluding carboxylic acids is 1. The van der Waals surface area contributed by atoms with Crippen LogP contribution < -0.4 is 0 Å². The second-order valence-corrected chi connectivity index (χ2v) is 6.16. The second-order valence-electron chi connectivity index (χ2n) is 4.05. The molecular weight excluding hydrogens is 228 g/mol. The van der Waals surface area contributed by atoms with Crippen LogP contribution in [0.1, 0.15) is 26.7 Å². The van der Waals surface area contributed by atoms with Gasteiger partial charge in [0.15, 0.2) is 5.25 Å². The molecule has 1 saturated heterocycles. The van der Waals surface area contributed by atoms with E-state index in [0.29, 0.717) is 0 Å². The molecule has 6 heteroatoms. The maximum atomic E-state index is 12.0. The molecule has 1 fully saturated rings. The Balaban J connectivity index is 2.86. The molecule has 1 heterocycles. The summed E-state index contributed by atoms with van der Waals surface area (Å²) in [6, 6.07) is 1.80. The molecule has 0 spiro atoms. The summed E-state index contributed by atoms with van der Waals surface area (Å²) < 4.78 is 25.3. The van der Waals surface area contributed by atoms with Gasteiger partial charge in [-0.15, -0.1) is 0 Å². The number of nitriles is 1. The van der Waals surface area contributed by atoms with Crippen molar-refractivity contribution in [2.45, 2.75) is 31.9 Å². The summed E-state index contributed by atoms with van der Waals surface area (Å²) in [5.41, 5.74) is 0. The smallest absolute Gasteiger partial charge is 0.230 e. The normalized spacial score (nSPS) is 25.1. The zero-order valence-electron chi connectivity index (χ0n) is 9.51. The minimum absolute atomic E-state index is 0.0939. The molecule has 0 aliphatic carbocycles. The minimum atomic E-state index is -3.56. The molecule has 1 aliphatic rings. The van der Waals surface area contributed by atoms with Gasteiger partial charge in [0, 0.05) is 25.4 Å². The molecule has 0 N–H and O–H groups in total. The highest BCUT2D eigenvalue weighted by atomic mass is 32.2. The van der Waals surface area contributed by atoms with E-state index in [4.69, 9.17) is 5.26 Å². The fourth-order valence-electron chi connectivity index (χ4n) is 1.76. The van der Waals surface area contributed by atoms with Gasteiger partial charge in [0.25, 0.3) is 0 Å². The van der Waals surface area contributed by atoms with Gasteiger partial charge in [-0.05, 0) is 6.42 Å². The number of Topliss-reactive ketones (excluding diaryl/α,β-unsaturated/α-hetero) is 1. The van der Waals surface area contributed by atoms with E-state index in [-0.39, 0.29) is 37.6 Å². The first-order valence-electron chi connectivity index (χ1n) is 5.34. The van der Waals surface area contributed by atoms with Gasteiger partial charge < -0.3 is 0 Å². The molecule has 0 aromatic rings. The zero-order chi connectivity index (χ0) is 12.3. The third-order valence-corrected chi connectivity index (χ3v) is 5.08. The molecule has 0 amide bonds. The van der Waals surface area contributed by atoms with Crippen LogP contribution in [0.2, 0.25) is 0 Å². The summed E-state index contributed by atoms with van der Waals surface area (Å²) in [7, 11) is -3.56. The Morgan fingerprint density at radius 1 is 1.62 bits per heavy atom. The van der Waals surface area contributed by atoms with Crippen LogP contribution >= 0.6 is 0 Å². The van der Waals surface area contributed by atoms with Crippen molar-refractivity contribution < 1.29 is 13.2 Å². The van der Waals surface area contributed by atoms with Crippen molar-refractivity contribution in [3.05, 3.63) is 0 Å². The van der Waals surface area contributed by atoms with Crippen LogP contribution in [0, 0.1) is 17.2 Å². The molecule has 0 saturated carbocycles. The summed E-state index contributed by atoms with van der Waals surface area (Å²) in [6.07, 6.45) is 0.528. The average molecular weight is 244 g/mol. The quantitative estimate of drug-likeness (QED) is 0.725. The van der Waals surface area contributed by atoms with Crippen LogP contribution in [0.15, 0.2) is 0 Å². The fraction of sp³-hybridized carbons (Fsp3) is 0.800. The number of hydrogen-bond donors (Lipinski definition) is 0. The molecule has 0 bridgehead atoms. The van der Waals surface area contributed by atoms with Crippen molar-refractivity contribution in [2.75, 3.05) is 13.1 Å². The number of sulfonamides is 1. The van der Waals surface area contributed by atoms with E-state index >= 15 is 0 Å². The van der Waals surface area contributed by atoms with Gasteiger partial charge in [0.1, 0.15) is 5.78 Å². The summed E-state index contributed by atoms with van der Waals surface area (Å²) in [5, 5.41) is 7.79. The van der Waals surface area contributed by atoms with E-state index in [0.717, 1.165) is 0 Å². The SMILES string of the molecule is CCC(C#N)S(=O)(=O)N1CCC(=O)C(C)C1. The monoisotopic (exact) mass is 244 g/mol. The van der Waals surface area contributed by atoms with Crippen LogP contribution in [0.5, 0.6) is 0 Å². The predicted molar refractivity (Wildman–Crippen MR) is 59.0 cm³/mol. The standard InChI is InChI=1S/C10H16N2O3S/c1-3-9(6-11)16(14,15)12-5-4-10(13)8(2)7-12/h8-9H,3-5,7H2,1-2H3. The van der Waals surface area contributed by atoms with Crippen LogP contribution in [-0.4, -0.2) is 36.8 Å². The number of rotatable bonds is 3. The molecule has 0 aromatic carbocycles. The maximum absolute atomic E-state index is 12.0. The van der Waals surface area contributed by atoms with Gasteiger partial charge in [0.2, 0.25) is 10.0 Å². The highest BCUT2D eigenvalue weighted by Gasteiger charge is 2.35. The first-order chi connectivity index (χ1) is 7.43. The lowest BCUT2D eigenvalue weighted by Crippen LogP contribution is -2.46. The molecule has 2 unspecified atom stereocenters. The van der Waals surface area contributed by atoms with Gasteiger partial charge in [-0.1, -0.05) is 13.8 Å². The van der Waals surface area contributed by atoms with Gasteiger partial charge in [-0.3, -0.25) is 4.79 Å². The first kappa shape index (κ1) is 13.1. The van der Waals surface area contributed by atoms with E-state index in [2.05, 4.69) is 0 Å². The number of carbonyl (C=O) groups is 1. The lowest BCUT2D eigenvalue weighted by atomic mass is 10.0. The van der Waals surface area contributed by atoms with Gasteiger partial charge in [-0.25, -0.2) is 8.42 Å². The lowest BCUT2D eigenvalue weighted by Gasteiger charge is -2.30. The van der Waals surface area contributed by atoms with Crippen LogP contribution in [0.25, 0.3) is 0 Å². The number of ketones is 1. The maximum Gasteiger partial charge on any atom is 0.230 e. The van der Waals surface area contributed by atoms with Crippen molar-refractivity contribution in [1.82, 2.24) is 4.31 Å². The number of nitrogens with zero attached hydrogens (tertiary/aromatic N) is 2. The molecule has 16 heavy (non-hydrogen) atoms. The zero-order valence-corrected chi connectivity index (χ0v) is 10.3. The highest BCUT2D eigenvalue weighted by Crippen LogP contribution is 2.19. The predicted octanol–water partition coefficient (Wildman–Crippen LogP) is 0.529. The Kier molecular flexibility index (Phi) is 4.05. The van der Waals surface area contributed by atoms with Gasteiger partial charge >= 0.3 is 0 Å². The molecule has 0 aromatic heterocycles. The van der Waals surface area contributed by atoms with E-state index < -0.39 is 15.3 Å². The lowest BCUT2D eigenvalue weighted by molar-refractivity contribution is -0.124. The third-order valence-electron chi connectivity index (χ3n) is 2.87. The molecule has 90 valence electrons. The van der Waals surface area contributed by atoms with Gasteiger partial charge in [-0.2, -0.15) is 9.57 Å². The molecule has 0 radical (unpaired) electrons. The van der Waals surface area contributed by atoms with Crippen molar-refractivity contribution >= 4 is 15.8 Å². The van der Waals surface area contributed by atoms with E-state index in [1.807, 2.05) is 0 Å². The second kappa shape index (κ2) is 4.93. The molecule has 5 nitrogen and oxygen atoms in total. The number of hydrogen-bond acceptors (Lipinski definition) is 4. The Morgan fingerprint density at radius 2 is 2.25 bits per heavy atom. The molecule has 1 rings (SSSR count).